The Hall–Kier alpha value is 1.11. The topological polar surface area (TPSA) is 17.1 Å². The molecule has 0 bridgehead atoms. The molecule has 0 atom stereocenters. The summed E-state index contributed by atoms with van der Waals surface area (Å²) in [5.41, 5.74) is 0. The van der Waals surface area contributed by atoms with Gasteiger partial charge in [-0.1, -0.05) is 0 Å². The van der Waals surface area contributed by atoms with Crippen LogP contribution in [0.2, 0.25) is 0 Å². The molecule has 2 heteroatoms. The minimum atomic E-state index is 0. The molecule has 0 aromatic heterocycles. The van der Waals surface area contributed by atoms with Crippen molar-refractivity contribution in [2.24, 2.45) is 0 Å². The summed E-state index contributed by atoms with van der Waals surface area (Å²) >= 11 is 0. The Kier molecular flexibility index (Phi) is 6.59. The van der Waals surface area contributed by atoms with Crippen LogP contribution in [0.1, 0.15) is 25.7 Å². The van der Waals surface area contributed by atoms with Crippen molar-refractivity contribution in [3.8, 4) is 0 Å². The fraction of sp³-hybridized carbons (Fsp3) is 0.571. The third kappa shape index (κ3) is 4.51. The van der Waals surface area contributed by atoms with Gasteiger partial charge in [-0.15, -0.1) is 12.8 Å². The average molecular weight is 337 g/mol. The van der Waals surface area contributed by atoms with E-state index in [0.717, 1.165) is 12.8 Å². The van der Waals surface area contributed by atoms with Crippen LogP contribution in [-0.2, 0) is 4.79 Å². The van der Waals surface area contributed by atoms with Gasteiger partial charge in [-0.05, 0) is 0 Å². The van der Waals surface area contributed by atoms with Gasteiger partial charge in [-0.25, -0.2) is 12.8 Å². The van der Waals surface area contributed by atoms with Crippen LogP contribution in [0.5, 0.6) is 0 Å². The molecule has 1 aliphatic rings. The molecule has 0 heterocycles. The van der Waals surface area contributed by atoms with Gasteiger partial charge in [0.05, 0.1) is 5.78 Å². The van der Waals surface area contributed by atoms with Crippen molar-refractivity contribution in [2.75, 3.05) is 0 Å². The van der Waals surface area contributed by atoms with E-state index in [2.05, 4.69) is 12.8 Å². The van der Waals surface area contributed by atoms with Crippen LogP contribution in [0.15, 0.2) is 0 Å². The van der Waals surface area contributed by atoms with Crippen molar-refractivity contribution < 1.29 is 48.9 Å². The zero-order valence-corrected chi connectivity index (χ0v) is 10.2. The zero-order chi connectivity index (χ0) is 5.82. The number of carbonyl (C=O) groups is 1. The Morgan fingerprint density at radius 2 is 1.56 bits per heavy atom. The predicted octanol–water partition coefficient (Wildman–Crippen LogP) is 1.54. The summed E-state index contributed by atoms with van der Waals surface area (Å²) in [6.45, 7) is 0. The van der Waals surface area contributed by atoms with Crippen LogP contribution in [-0.4, -0.2) is 5.78 Å². The molecular weight excluding hydrogens is 327 g/mol. The van der Waals surface area contributed by atoms with E-state index in [1.807, 2.05) is 0 Å². The summed E-state index contributed by atoms with van der Waals surface area (Å²) in [4.78, 5) is 10.6. The van der Waals surface area contributed by atoms with Crippen molar-refractivity contribution in [1.29, 1.82) is 0 Å². The van der Waals surface area contributed by atoms with Gasteiger partial charge in [-0.3, -0.25) is 0 Å². The van der Waals surface area contributed by atoms with Crippen LogP contribution >= 0.6 is 0 Å². The Morgan fingerprint density at radius 3 is 2.00 bits per heavy atom. The van der Waals surface area contributed by atoms with Gasteiger partial charge in [0.15, 0.2) is 0 Å². The maximum Gasteiger partial charge on any atom is 0.0737 e. The molecule has 49 valence electrons. The Balaban J connectivity index is 0.000000640. The normalized spacial score (nSPS) is 20.2. The van der Waals surface area contributed by atoms with E-state index in [1.165, 1.54) is 0 Å². The van der Waals surface area contributed by atoms with E-state index in [0.29, 0.717) is 18.6 Å². The van der Waals surface area contributed by atoms with E-state index >= 15 is 0 Å². The van der Waals surface area contributed by atoms with Crippen LogP contribution in [0.4, 0.5) is 0 Å². The number of rotatable bonds is 0. The summed E-state index contributed by atoms with van der Waals surface area (Å²) in [5, 5.41) is 0. The molecule has 1 aliphatic carbocycles. The maximum absolute atomic E-state index is 10.6. The van der Waals surface area contributed by atoms with Crippen LogP contribution < -0.4 is 0 Å². The molecule has 0 saturated heterocycles. The summed E-state index contributed by atoms with van der Waals surface area (Å²) in [6.07, 6.45) is 7.68. The summed E-state index contributed by atoms with van der Waals surface area (Å²) in [5.74, 6) is 0.363. The molecule has 1 saturated carbocycles. The van der Waals surface area contributed by atoms with Gasteiger partial charge < -0.3 is 17.6 Å². The molecule has 1 nitrogen and oxygen atoms in total. The van der Waals surface area contributed by atoms with Gasteiger partial charge in [0, 0.05) is 44.1 Å². The molecule has 0 N–H and O–H groups in total. The molecule has 0 unspecified atom stereocenters. The summed E-state index contributed by atoms with van der Waals surface area (Å²) in [6, 6.07) is 0. The fourth-order valence-electron chi connectivity index (χ4n) is 0.845. The van der Waals surface area contributed by atoms with Gasteiger partial charge in [0.25, 0.3) is 0 Å². The maximum atomic E-state index is 10.6. The van der Waals surface area contributed by atoms with E-state index in [-0.39, 0.29) is 44.1 Å². The first kappa shape index (κ1) is 10.1. The minimum absolute atomic E-state index is 0. The second-order valence-electron chi connectivity index (χ2n) is 2.10. The second-order valence-corrected chi connectivity index (χ2v) is 2.10. The van der Waals surface area contributed by atoms with Crippen LogP contribution in [0, 0.1) is 56.9 Å². The molecule has 0 aromatic rings. The summed E-state index contributed by atoms with van der Waals surface area (Å²) in [7, 11) is 0. The average Bonchev–Trinajstić information content (AvgIpc) is 1.94. The molecule has 0 spiro atoms. The fourth-order valence-corrected chi connectivity index (χ4v) is 0.845. The quantitative estimate of drug-likeness (QED) is 0.484. The smallest absolute Gasteiger partial charge is 0.0737 e. The molecule has 0 aliphatic heterocycles. The summed E-state index contributed by atoms with van der Waals surface area (Å²) < 4.78 is 0. The molecule has 0 aromatic carbocycles. The zero-order valence-electron chi connectivity index (χ0n) is 5.47. The largest absolute Gasteiger partial charge is 0.324 e. The number of hydrogen-bond donors (Lipinski definition) is 0. The predicted molar refractivity (Wildman–Crippen MR) is 32.1 cm³/mol. The van der Waals surface area contributed by atoms with E-state index in [4.69, 9.17) is 0 Å². The molecule has 0 amide bonds. The van der Waals surface area contributed by atoms with Crippen LogP contribution in [0.25, 0.3) is 0 Å². The van der Waals surface area contributed by atoms with Crippen molar-refractivity contribution >= 4 is 5.78 Å². The molecular formula is C7H10AcO-2. The first-order valence-electron chi connectivity index (χ1n) is 3.04. The van der Waals surface area contributed by atoms with Gasteiger partial charge in [0.2, 0.25) is 0 Å². The van der Waals surface area contributed by atoms with Gasteiger partial charge >= 0.3 is 0 Å². The molecule has 1 fully saturated rings. The number of carbonyl (C=O) groups excluding carboxylic acids is 1. The van der Waals surface area contributed by atoms with Gasteiger partial charge in [0.1, 0.15) is 0 Å². The first-order valence-corrected chi connectivity index (χ1v) is 3.04. The van der Waals surface area contributed by atoms with Crippen molar-refractivity contribution in [3.63, 3.8) is 0 Å². The van der Waals surface area contributed by atoms with Crippen molar-refractivity contribution in [2.45, 2.75) is 25.7 Å². The van der Waals surface area contributed by atoms with E-state index in [1.54, 1.807) is 0 Å². The number of hydrogen-bond acceptors (Lipinski definition) is 1. The third-order valence-corrected chi connectivity index (χ3v) is 1.32. The van der Waals surface area contributed by atoms with Crippen molar-refractivity contribution in [1.82, 2.24) is 0 Å². The molecule has 9 heavy (non-hydrogen) atoms. The SMILES string of the molecule is O=C1C[CH-]CC[CH-]C1.[Ac]. The Labute approximate surface area is 92.1 Å². The van der Waals surface area contributed by atoms with Crippen LogP contribution in [0.3, 0.4) is 0 Å². The number of Topliss-reactive ketones (excluding diaryl/α,β-unsaturated/α-hetero) is 1. The van der Waals surface area contributed by atoms with Gasteiger partial charge in [-0.2, -0.15) is 0 Å². The Bertz CT molecular complexity index is 80.9. The number of ketones is 1. The first-order chi connectivity index (χ1) is 3.89. The molecule has 1 rings (SSSR count). The standard InChI is InChI=1S/C7H10O.Ac/c8-7-5-3-1-2-4-6-7;/h3-4H,1-2,5-6H2;/q-2;. The Morgan fingerprint density at radius 1 is 1.11 bits per heavy atom. The third-order valence-electron chi connectivity index (χ3n) is 1.32. The second kappa shape index (κ2) is 5.86. The van der Waals surface area contributed by atoms with E-state index < -0.39 is 0 Å². The molecule has 1 radical (unpaired) electrons. The monoisotopic (exact) mass is 337 g/mol. The van der Waals surface area contributed by atoms with Crippen molar-refractivity contribution in [3.05, 3.63) is 12.8 Å². The minimum Gasteiger partial charge on any atom is -0.324 e. The van der Waals surface area contributed by atoms with E-state index in [9.17, 15) is 4.79 Å².